The predicted molar refractivity (Wildman–Crippen MR) is 151 cm³/mol. The van der Waals surface area contributed by atoms with Crippen LogP contribution in [0.25, 0.3) is 5.76 Å². The van der Waals surface area contributed by atoms with Gasteiger partial charge in [0.1, 0.15) is 22.8 Å². The number of nitrogens with one attached hydrogen (secondary N) is 1. The van der Waals surface area contributed by atoms with Crippen LogP contribution in [0.4, 0.5) is 5.69 Å². The highest BCUT2D eigenvalue weighted by molar-refractivity contribution is 6.24. The lowest BCUT2D eigenvalue weighted by molar-refractivity contribution is -0.169. The minimum absolute atomic E-state index is 0.136. The molecule has 1 saturated carbocycles. The van der Waals surface area contributed by atoms with Crippen LogP contribution in [-0.2, 0) is 23.9 Å². The van der Waals surface area contributed by atoms with Gasteiger partial charge in [-0.25, -0.2) is 4.79 Å². The van der Waals surface area contributed by atoms with Gasteiger partial charge in [-0.15, -0.1) is 0 Å². The number of carbonyl (C=O) groups is 4. The Labute approximate surface area is 246 Å². The molecule has 5 rings (SSSR count). The number of nitrogens with zero attached hydrogens (tertiary/aromatic N) is 1. The second kappa shape index (κ2) is 10.4. The van der Waals surface area contributed by atoms with Gasteiger partial charge in [0.2, 0.25) is 5.78 Å². The summed E-state index contributed by atoms with van der Waals surface area (Å²) in [4.78, 5) is 52.9. The molecule has 0 aromatic heterocycles. The summed E-state index contributed by atoms with van der Waals surface area (Å²) in [5.74, 6) is -10.1. The monoisotopic (exact) mass is 595 g/mol. The SMILES string of the molecule is CCOC(=O)C1=CCC(Nc2ccc3c(c2O)C(O)=C2C(=O)[C@]4(O)C(O)=C(C(N)=O)C(=O)[C@@H](N(C)C)[C@@H]4[C@@H](O)[C@@H]2[C@H]3C)=C1. The number of aliphatic hydroxyl groups is 4. The number of primary amides is 1. The fourth-order valence-electron chi connectivity index (χ4n) is 6.86. The van der Waals surface area contributed by atoms with E-state index in [1.165, 1.54) is 19.0 Å². The fraction of sp³-hybridized carbons (Fsp3) is 0.400. The number of ketones is 2. The molecule has 1 fully saturated rings. The smallest absolute Gasteiger partial charge is 0.337 e. The lowest BCUT2D eigenvalue weighted by Crippen LogP contribution is -2.70. The topological polar surface area (TPSA) is 220 Å². The lowest BCUT2D eigenvalue weighted by Gasteiger charge is -2.53. The van der Waals surface area contributed by atoms with Crippen LogP contribution in [0, 0.1) is 11.8 Å². The summed E-state index contributed by atoms with van der Waals surface area (Å²) in [5, 5.41) is 60.3. The van der Waals surface area contributed by atoms with Crippen LogP contribution >= 0.6 is 0 Å². The summed E-state index contributed by atoms with van der Waals surface area (Å²) in [7, 11) is 2.89. The number of likely N-dealkylation sites (N-methyl/N-ethyl adjacent to an activating group) is 1. The number of benzene rings is 1. The van der Waals surface area contributed by atoms with Crippen LogP contribution in [0.5, 0.6) is 5.75 Å². The van der Waals surface area contributed by atoms with E-state index in [4.69, 9.17) is 10.5 Å². The minimum atomic E-state index is -2.99. The molecule has 13 heteroatoms. The molecule has 43 heavy (non-hydrogen) atoms. The maximum Gasteiger partial charge on any atom is 0.337 e. The van der Waals surface area contributed by atoms with Gasteiger partial charge in [0, 0.05) is 23.6 Å². The molecule has 0 radical (unpaired) electrons. The van der Waals surface area contributed by atoms with Crippen molar-refractivity contribution in [2.75, 3.05) is 26.0 Å². The molecule has 1 aromatic carbocycles. The van der Waals surface area contributed by atoms with Crippen LogP contribution in [-0.4, -0.2) is 92.3 Å². The van der Waals surface area contributed by atoms with Crippen LogP contribution < -0.4 is 11.1 Å². The standard InChI is InChI=1S/C30H33N3O10/c1-5-43-29(41)12-6-7-13(10-12)32-15-9-8-14-11(2)16-18(23(35)17(14)22(15)34)26(38)30(42)20(24(16)36)21(33(3)4)25(37)19(27(30)39)28(31)40/h6,8-11,16,20-21,24,32,34-36,39,42H,5,7H2,1-4H3,(H2,31,40)/t11-,16+,20+,21-,24-,30-/m0/s1. The summed E-state index contributed by atoms with van der Waals surface area (Å²) in [6, 6.07) is 1.72. The number of aliphatic hydroxyl groups excluding tert-OH is 3. The van der Waals surface area contributed by atoms with E-state index in [2.05, 4.69) is 5.32 Å². The zero-order valence-corrected chi connectivity index (χ0v) is 23.9. The highest BCUT2D eigenvalue weighted by atomic mass is 16.5. The van der Waals surface area contributed by atoms with Gasteiger partial charge in [0.15, 0.2) is 11.4 Å². The Bertz CT molecular complexity index is 1600. The molecule has 6 atom stereocenters. The number of carbonyl (C=O) groups excluding carboxylic acids is 4. The number of fused-ring (bicyclic) bond motifs is 3. The Balaban J connectivity index is 1.63. The molecule has 8 N–H and O–H groups in total. The first-order valence-corrected chi connectivity index (χ1v) is 13.7. The van der Waals surface area contributed by atoms with E-state index in [1.54, 1.807) is 38.1 Å². The molecule has 1 aromatic rings. The number of Topliss-reactive ketones (excluding diaryl/α,β-unsaturated/α-hetero) is 2. The molecule has 0 heterocycles. The average molecular weight is 596 g/mol. The van der Waals surface area contributed by atoms with E-state index in [1.807, 2.05) is 0 Å². The number of hydrogen-bond acceptors (Lipinski definition) is 12. The zero-order chi connectivity index (χ0) is 31.7. The quantitative estimate of drug-likeness (QED) is 0.137. The van der Waals surface area contributed by atoms with Crippen LogP contribution in [0.15, 0.2) is 52.5 Å². The number of nitrogens with two attached hydrogens (primary N) is 1. The van der Waals surface area contributed by atoms with E-state index >= 15 is 0 Å². The summed E-state index contributed by atoms with van der Waals surface area (Å²) >= 11 is 0. The highest BCUT2D eigenvalue weighted by Crippen LogP contribution is 2.56. The second-order valence-electron chi connectivity index (χ2n) is 11.4. The molecule has 228 valence electrons. The van der Waals surface area contributed by atoms with E-state index in [-0.39, 0.29) is 17.9 Å². The number of phenols is 1. The fourth-order valence-corrected chi connectivity index (χ4v) is 6.86. The third kappa shape index (κ3) is 4.18. The average Bonchev–Trinajstić information content (AvgIpc) is 3.40. The van der Waals surface area contributed by atoms with Gasteiger partial charge in [0.05, 0.1) is 41.5 Å². The van der Waals surface area contributed by atoms with E-state index in [9.17, 15) is 44.7 Å². The van der Waals surface area contributed by atoms with Crippen molar-refractivity contribution in [3.63, 3.8) is 0 Å². The number of anilines is 1. The first-order chi connectivity index (χ1) is 20.2. The van der Waals surface area contributed by atoms with Gasteiger partial charge in [-0.2, -0.15) is 0 Å². The highest BCUT2D eigenvalue weighted by Gasteiger charge is 2.68. The number of hydrogen-bond donors (Lipinski definition) is 7. The number of allylic oxidation sites excluding steroid dienone is 1. The van der Waals surface area contributed by atoms with Gasteiger partial charge in [-0.3, -0.25) is 19.3 Å². The van der Waals surface area contributed by atoms with Crippen molar-refractivity contribution in [3.05, 3.63) is 63.6 Å². The minimum Gasteiger partial charge on any atom is -0.508 e. The molecule has 4 aliphatic carbocycles. The number of esters is 1. The summed E-state index contributed by atoms with van der Waals surface area (Å²) in [6.45, 7) is 3.54. The largest absolute Gasteiger partial charge is 0.508 e. The van der Waals surface area contributed by atoms with Crippen LogP contribution in [0.1, 0.15) is 37.3 Å². The Morgan fingerprint density at radius 2 is 1.86 bits per heavy atom. The molecule has 0 saturated heterocycles. The molecule has 13 nitrogen and oxygen atoms in total. The van der Waals surface area contributed by atoms with Crippen LogP contribution in [0.3, 0.4) is 0 Å². The van der Waals surface area contributed by atoms with Crippen molar-refractivity contribution in [2.45, 2.75) is 43.9 Å². The third-order valence-corrected chi connectivity index (χ3v) is 8.81. The normalized spacial score (nSPS) is 30.0. The molecule has 0 unspecified atom stereocenters. The van der Waals surface area contributed by atoms with Crippen LogP contribution in [0.2, 0.25) is 0 Å². The Morgan fingerprint density at radius 3 is 2.47 bits per heavy atom. The first kappa shape index (κ1) is 30.0. The number of phenolic OH excluding ortho intramolecular Hbond substituents is 1. The number of ether oxygens (including phenoxy) is 1. The van der Waals surface area contributed by atoms with Crippen molar-refractivity contribution < 1.29 is 49.4 Å². The molecule has 4 aliphatic rings. The van der Waals surface area contributed by atoms with E-state index in [0.29, 0.717) is 23.3 Å². The first-order valence-electron chi connectivity index (χ1n) is 13.7. The van der Waals surface area contributed by atoms with Gasteiger partial charge in [-0.1, -0.05) is 19.1 Å². The van der Waals surface area contributed by atoms with Crippen molar-refractivity contribution in [2.24, 2.45) is 17.6 Å². The van der Waals surface area contributed by atoms with Gasteiger partial charge >= 0.3 is 5.97 Å². The van der Waals surface area contributed by atoms with Gasteiger partial charge < -0.3 is 41.3 Å². The molecule has 0 spiro atoms. The molecule has 0 aliphatic heterocycles. The second-order valence-corrected chi connectivity index (χ2v) is 11.4. The Morgan fingerprint density at radius 1 is 1.19 bits per heavy atom. The van der Waals surface area contributed by atoms with E-state index < -0.39 is 87.4 Å². The molecule has 0 bridgehead atoms. The zero-order valence-electron chi connectivity index (χ0n) is 23.9. The number of rotatable bonds is 6. The van der Waals surface area contributed by atoms with E-state index in [0.717, 1.165) is 0 Å². The lowest BCUT2D eigenvalue weighted by atomic mass is 9.54. The Kier molecular flexibility index (Phi) is 7.23. The number of aromatic hydroxyl groups is 1. The summed E-state index contributed by atoms with van der Waals surface area (Å²) in [5.41, 5.74) is 2.15. The molecular formula is C30H33N3O10. The van der Waals surface area contributed by atoms with Gasteiger partial charge in [-0.05, 0) is 44.6 Å². The summed E-state index contributed by atoms with van der Waals surface area (Å²) < 4.78 is 5.01. The molecule has 1 amide bonds. The van der Waals surface area contributed by atoms with Crippen molar-refractivity contribution in [1.82, 2.24) is 4.90 Å². The maximum atomic E-state index is 14.1. The van der Waals surface area contributed by atoms with Gasteiger partial charge in [0.25, 0.3) is 5.91 Å². The van der Waals surface area contributed by atoms with Crippen molar-refractivity contribution in [3.8, 4) is 5.75 Å². The predicted octanol–water partition coefficient (Wildman–Crippen LogP) is 0.685. The maximum absolute atomic E-state index is 14.1. The van der Waals surface area contributed by atoms with Crippen molar-refractivity contribution in [1.29, 1.82) is 0 Å². The number of amides is 1. The Hall–Kier alpha value is -4.46. The third-order valence-electron chi connectivity index (χ3n) is 8.81. The van der Waals surface area contributed by atoms with Crippen molar-refractivity contribution >= 4 is 34.9 Å². The molecular weight excluding hydrogens is 562 g/mol. The summed E-state index contributed by atoms with van der Waals surface area (Å²) in [6.07, 6.45) is 1.86.